The second-order valence-electron chi connectivity index (χ2n) is 5.29. The van der Waals surface area contributed by atoms with E-state index in [1.807, 2.05) is 13.0 Å². The molecule has 1 fully saturated rings. The van der Waals surface area contributed by atoms with Gasteiger partial charge in [-0.1, -0.05) is 19.8 Å². The van der Waals surface area contributed by atoms with Crippen LogP contribution >= 0.6 is 0 Å². The van der Waals surface area contributed by atoms with Gasteiger partial charge in [-0.2, -0.15) is 0 Å². The topological polar surface area (TPSA) is 59.1 Å². The van der Waals surface area contributed by atoms with Crippen molar-refractivity contribution in [1.82, 2.24) is 4.98 Å². The molecule has 0 aliphatic heterocycles. The van der Waals surface area contributed by atoms with Crippen molar-refractivity contribution in [3.63, 3.8) is 0 Å². The van der Waals surface area contributed by atoms with Gasteiger partial charge in [-0.25, -0.2) is 4.98 Å². The first kappa shape index (κ1) is 12.4. The Bertz CT molecular complexity index is 385. The Labute approximate surface area is 103 Å². The second-order valence-corrected chi connectivity index (χ2v) is 5.29. The standard InChI is InChI=1S/C14H22N2O/c1-3-11-5-4-7-14(17,9-11)12-10(2)6-8-16-13(12)15/h6,8,11,17H,3-5,7,9H2,1-2H3,(H2,15,16). The average molecular weight is 234 g/mol. The van der Waals surface area contributed by atoms with Crippen LogP contribution in [0.2, 0.25) is 0 Å². The molecule has 1 aromatic rings. The fourth-order valence-corrected chi connectivity index (χ4v) is 3.13. The molecule has 0 spiro atoms. The molecule has 0 saturated heterocycles. The molecule has 1 aliphatic carbocycles. The smallest absolute Gasteiger partial charge is 0.129 e. The van der Waals surface area contributed by atoms with Gasteiger partial charge in [0, 0.05) is 11.8 Å². The maximum Gasteiger partial charge on any atom is 0.129 e. The maximum atomic E-state index is 10.9. The quantitative estimate of drug-likeness (QED) is 0.827. The Balaban J connectivity index is 2.37. The molecule has 1 aliphatic rings. The van der Waals surface area contributed by atoms with Crippen LogP contribution in [0, 0.1) is 12.8 Å². The van der Waals surface area contributed by atoms with Gasteiger partial charge in [0.2, 0.25) is 0 Å². The molecule has 0 aromatic carbocycles. The van der Waals surface area contributed by atoms with Crippen LogP contribution in [-0.2, 0) is 5.60 Å². The van der Waals surface area contributed by atoms with Crippen molar-refractivity contribution in [2.45, 2.75) is 51.6 Å². The van der Waals surface area contributed by atoms with Gasteiger partial charge in [0.05, 0.1) is 5.60 Å². The number of anilines is 1. The first-order valence-electron chi connectivity index (χ1n) is 6.51. The van der Waals surface area contributed by atoms with E-state index in [1.54, 1.807) is 6.20 Å². The van der Waals surface area contributed by atoms with E-state index in [9.17, 15) is 5.11 Å². The largest absolute Gasteiger partial charge is 0.385 e. The lowest BCUT2D eigenvalue weighted by atomic mass is 9.72. The van der Waals surface area contributed by atoms with Crippen LogP contribution < -0.4 is 5.73 Å². The molecule has 3 nitrogen and oxygen atoms in total. The number of hydrogen-bond donors (Lipinski definition) is 2. The van der Waals surface area contributed by atoms with Crippen molar-refractivity contribution in [2.75, 3.05) is 5.73 Å². The molecule has 0 amide bonds. The van der Waals surface area contributed by atoms with Gasteiger partial charge in [-0.15, -0.1) is 0 Å². The highest BCUT2D eigenvalue weighted by molar-refractivity contribution is 5.48. The SMILES string of the molecule is CCC1CCCC(O)(c2c(C)ccnc2N)C1. The summed E-state index contributed by atoms with van der Waals surface area (Å²) in [5.41, 5.74) is 7.10. The highest BCUT2D eigenvalue weighted by Gasteiger charge is 2.37. The summed E-state index contributed by atoms with van der Waals surface area (Å²) in [6.45, 7) is 4.19. The lowest BCUT2D eigenvalue weighted by Gasteiger charge is -2.38. The molecule has 1 saturated carbocycles. The summed E-state index contributed by atoms with van der Waals surface area (Å²) in [7, 11) is 0. The van der Waals surface area contributed by atoms with Crippen molar-refractivity contribution < 1.29 is 5.11 Å². The summed E-state index contributed by atoms with van der Waals surface area (Å²) < 4.78 is 0. The lowest BCUT2D eigenvalue weighted by molar-refractivity contribution is -0.0217. The first-order chi connectivity index (χ1) is 8.07. The highest BCUT2D eigenvalue weighted by Crippen LogP contribution is 2.43. The molecule has 1 heterocycles. The third kappa shape index (κ3) is 2.29. The summed E-state index contributed by atoms with van der Waals surface area (Å²) in [6.07, 6.45) is 6.75. The summed E-state index contributed by atoms with van der Waals surface area (Å²) in [5, 5.41) is 10.9. The molecule has 3 N–H and O–H groups in total. The van der Waals surface area contributed by atoms with Crippen LogP contribution in [0.15, 0.2) is 12.3 Å². The van der Waals surface area contributed by atoms with E-state index in [-0.39, 0.29) is 0 Å². The maximum absolute atomic E-state index is 10.9. The zero-order valence-electron chi connectivity index (χ0n) is 10.7. The molecule has 0 radical (unpaired) electrons. The molecule has 17 heavy (non-hydrogen) atoms. The summed E-state index contributed by atoms with van der Waals surface area (Å²) in [5.74, 6) is 1.09. The predicted octanol–water partition coefficient (Wildman–Crippen LogP) is 2.76. The Kier molecular flexibility index (Phi) is 3.38. The summed E-state index contributed by atoms with van der Waals surface area (Å²) in [6, 6.07) is 1.93. The van der Waals surface area contributed by atoms with Crippen molar-refractivity contribution in [3.8, 4) is 0 Å². The molecule has 94 valence electrons. The van der Waals surface area contributed by atoms with E-state index in [1.165, 1.54) is 6.42 Å². The van der Waals surface area contributed by atoms with Crippen LogP contribution in [0.1, 0.15) is 50.2 Å². The molecule has 0 bridgehead atoms. The van der Waals surface area contributed by atoms with Crippen molar-refractivity contribution in [3.05, 3.63) is 23.4 Å². The third-order valence-corrected chi connectivity index (χ3v) is 4.06. The van der Waals surface area contributed by atoms with Crippen molar-refractivity contribution >= 4 is 5.82 Å². The van der Waals surface area contributed by atoms with Gasteiger partial charge in [0.1, 0.15) is 5.82 Å². The minimum absolute atomic E-state index is 0.490. The minimum atomic E-state index is -0.763. The van der Waals surface area contributed by atoms with Gasteiger partial charge in [0.25, 0.3) is 0 Å². The number of nitrogen functional groups attached to an aromatic ring is 1. The van der Waals surface area contributed by atoms with Gasteiger partial charge < -0.3 is 10.8 Å². The molecule has 2 unspecified atom stereocenters. The monoisotopic (exact) mass is 234 g/mol. The molecule has 1 aromatic heterocycles. The average Bonchev–Trinajstić information content (AvgIpc) is 2.28. The second kappa shape index (κ2) is 4.65. The van der Waals surface area contributed by atoms with E-state index in [2.05, 4.69) is 11.9 Å². The van der Waals surface area contributed by atoms with Gasteiger partial charge in [-0.05, 0) is 43.7 Å². The van der Waals surface area contributed by atoms with Crippen LogP contribution in [0.5, 0.6) is 0 Å². The lowest BCUT2D eigenvalue weighted by Crippen LogP contribution is -2.34. The highest BCUT2D eigenvalue weighted by atomic mass is 16.3. The fourth-order valence-electron chi connectivity index (χ4n) is 3.13. The van der Waals surface area contributed by atoms with Crippen LogP contribution in [0.4, 0.5) is 5.82 Å². The zero-order valence-corrected chi connectivity index (χ0v) is 10.7. The van der Waals surface area contributed by atoms with Crippen LogP contribution in [0.25, 0.3) is 0 Å². The minimum Gasteiger partial charge on any atom is -0.385 e. The number of rotatable bonds is 2. The Morgan fingerprint density at radius 2 is 2.35 bits per heavy atom. The van der Waals surface area contributed by atoms with Gasteiger partial charge in [-0.3, -0.25) is 0 Å². The van der Waals surface area contributed by atoms with E-state index in [4.69, 9.17) is 5.73 Å². The normalized spacial score (nSPS) is 29.2. The zero-order chi connectivity index (χ0) is 12.5. The Morgan fingerprint density at radius 1 is 1.59 bits per heavy atom. The van der Waals surface area contributed by atoms with Gasteiger partial charge in [0.15, 0.2) is 0 Å². The summed E-state index contributed by atoms with van der Waals surface area (Å²) in [4.78, 5) is 4.13. The van der Waals surface area contributed by atoms with E-state index >= 15 is 0 Å². The third-order valence-electron chi connectivity index (χ3n) is 4.06. The van der Waals surface area contributed by atoms with E-state index < -0.39 is 5.60 Å². The number of aromatic nitrogens is 1. The molecule has 3 heteroatoms. The van der Waals surface area contributed by atoms with Gasteiger partial charge >= 0.3 is 0 Å². The van der Waals surface area contributed by atoms with Crippen LogP contribution in [-0.4, -0.2) is 10.1 Å². The van der Waals surface area contributed by atoms with Crippen LogP contribution in [0.3, 0.4) is 0 Å². The predicted molar refractivity (Wildman–Crippen MR) is 69.5 cm³/mol. The first-order valence-corrected chi connectivity index (χ1v) is 6.51. The van der Waals surface area contributed by atoms with E-state index in [0.717, 1.165) is 36.8 Å². The number of pyridine rings is 1. The molecular formula is C14H22N2O. The number of nitrogens with zero attached hydrogens (tertiary/aromatic N) is 1. The number of aryl methyl sites for hydroxylation is 1. The van der Waals surface area contributed by atoms with E-state index in [0.29, 0.717) is 11.7 Å². The molecular weight excluding hydrogens is 212 g/mol. The Morgan fingerprint density at radius 3 is 3.00 bits per heavy atom. The van der Waals surface area contributed by atoms with Crippen molar-refractivity contribution in [1.29, 1.82) is 0 Å². The summed E-state index contributed by atoms with van der Waals surface area (Å²) >= 11 is 0. The van der Waals surface area contributed by atoms with Crippen molar-refractivity contribution in [2.24, 2.45) is 5.92 Å². The Hall–Kier alpha value is -1.09. The fraction of sp³-hybridized carbons (Fsp3) is 0.643. The molecule has 2 rings (SSSR count). The molecule has 2 atom stereocenters. The number of aliphatic hydroxyl groups is 1. The number of nitrogens with two attached hydrogens (primary N) is 1. The number of hydrogen-bond acceptors (Lipinski definition) is 3.